The van der Waals surface area contributed by atoms with E-state index in [9.17, 15) is 0 Å². The molecular formula is C25H34N2Pd. The molecule has 0 heterocycles. The molecule has 0 spiro atoms. The van der Waals surface area contributed by atoms with E-state index < -0.39 is 0 Å². The maximum atomic E-state index is 5.00. The van der Waals surface area contributed by atoms with Gasteiger partial charge in [0, 0.05) is 20.4 Å². The third kappa shape index (κ3) is 9.09. The van der Waals surface area contributed by atoms with Crippen LogP contribution in [0.15, 0.2) is 58.5 Å². The Morgan fingerprint density at radius 1 is 0.750 bits per heavy atom. The van der Waals surface area contributed by atoms with Crippen molar-refractivity contribution in [1.29, 1.82) is 0 Å². The first-order valence-corrected chi connectivity index (χ1v) is 10.3. The van der Waals surface area contributed by atoms with Gasteiger partial charge in [-0.2, -0.15) is 0 Å². The quantitative estimate of drug-likeness (QED) is 0.192. The third-order valence-corrected chi connectivity index (χ3v) is 4.71. The van der Waals surface area contributed by atoms with Crippen molar-refractivity contribution in [2.75, 3.05) is 0 Å². The van der Waals surface area contributed by atoms with Crippen LogP contribution in [0.25, 0.3) is 0 Å². The summed E-state index contributed by atoms with van der Waals surface area (Å²) in [6, 6.07) is 16.7. The van der Waals surface area contributed by atoms with Crippen LogP contribution in [0.3, 0.4) is 0 Å². The van der Waals surface area contributed by atoms with Crippen molar-refractivity contribution in [2.24, 2.45) is 9.98 Å². The number of nitrogens with zero attached hydrogens (tertiary/aromatic N) is 2. The number of para-hydroxylation sites is 1. The number of hydrogen-bond donors (Lipinski definition) is 0. The molecule has 0 saturated carbocycles. The predicted octanol–water partition coefficient (Wildman–Crippen LogP) is 7.92. The molecule has 28 heavy (non-hydrogen) atoms. The molecule has 0 aliphatic carbocycles. The van der Waals surface area contributed by atoms with Gasteiger partial charge in [-0.25, -0.2) is 0 Å². The largest absolute Gasteiger partial charge is 0.252 e. The second-order valence-electron chi connectivity index (χ2n) is 7.45. The molecule has 3 heteroatoms. The third-order valence-electron chi connectivity index (χ3n) is 4.71. The molecule has 0 aliphatic heterocycles. The Bertz CT molecular complexity index is 743. The Kier molecular flexibility index (Phi) is 11.9. The molecule has 0 saturated heterocycles. The average Bonchev–Trinajstić information content (AvgIpc) is 2.63. The summed E-state index contributed by atoms with van der Waals surface area (Å²) in [5.74, 6) is 0. The molecule has 2 rings (SSSR count). The second kappa shape index (κ2) is 13.6. The Morgan fingerprint density at radius 2 is 1.36 bits per heavy atom. The minimum absolute atomic E-state index is 0. The van der Waals surface area contributed by atoms with E-state index >= 15 is 0 Å². The van der Waals surface area contributed by atoms with E-state index in [4.69, 9.17) is 9.98 Å². The van der Waals surface area contributed by atoms with E-state index in [1.54, 1.807) is 0 Å². The van der Waals surface area contributed by atoms with Crippen LogP contribution >= 0.6 is 0 Å². The Hall–Kier alpha value is -1.56. The fourth-order valence-electron chi connectivity index (χ4n) is 3.32. The number of benzene rings is 2. The zero-order chi connectivity index (χ0) is 19.5. The molecule has 0 amide bonds. The van der Waals surface area contributed by atoms with Crippen molar-refractivity contribution < 1.29 is 20.4 Å². The summed E-state index contributed by atoms with van der Waals surface area (Å²) >= 11 is 0. The SMILES string of the molecule is CCCCCCCCC(=Nc1cc(C)cc(C)c1)C(C)=Nc1ccccc1.[Pd]. The molecule has 0 radical (unpaired) electrons. The van der Waals surface area contributed by atoms with Crippen LogP contribution in [-0.4, -0.2) is 11.4 Å². The van der Waals surface area contributed by atoms with Crippen LogP contribution in [0.5, 0.6) is 0 Å². The van der Waals surface area contributed by atoms with Crippen molar-refractivity contribution in [3.8, 4) is 0 Å². The van der Waals surface area contributed by atoms with Gasteiger partial charge in [0.15, 0.2) is 0 Å². The summed E-state index contributed by atoms with van der Waals surface area (Å²) in [7, 11) is 0. The van der Waals surface area contributed by atoms with Gasteiger partial charge in [-0.3, -0.25) is 9.98 Å². The smallest absolute Gasteiger partial charge is 0.0639 e. The van der Waals surface area contributed by atoms with E-state index in [0.29, 0.717) is 0 Å². The van der Waals surface area contributed by atoms with Crippen LogP contribution in [0.4, 0.5) is 11.4 Å². The molecule has 0 bridgehead atoms. The number of rotatable bonds is 10. The van der Waals surface area contributed by atoms with Crippen molar-refractivity contribution in [2.45, 2.75) is 72.6 Å². The zero-order valence-corrected chi connectivity index (χ0v) is 19.3. The van der Waals surface area contributed by atoms with Gasteiger partial charge in [-0.05, 0) is 69.0 Å². The van der Waals surface area contributed by atoms with Crippen LogP contribution in [0, 0.1) is 13.8 Å². The number of aryl methyl sites for hydroxylation is 2. The maximum absolute atomic E-state index is 5.00. The van der Waals surface area contributed by atoms with Crippen LogP contribution in [-0.2, 0) is 20.4 Å². The predicted molar refractivity (Wildman–Crippen MR) is 120 cm³/mol. The summed E-state index contributed by atoms with van der Waals surface area (Å²) in [6.45, 7) is 8.61. The van der Waals surface area contributed by atoms with Gasteiger partial charge in [0.25, 0.3) is 0 Å². The fraction of sp³-hybridized carbons (Fsp3) is 0.440. The molecular weight excluding hydrogens is 435 g/mol. The number of unbranched alkanes of at least 4 members (excludes halogenated alkanes) is 5. The first-order valence-electron chi connectivity index (χ1n) is 10.3. The van der Waals surface area contributed by atoms with Crippen LogP contribution in [0.1, 0.15) is 69.9 Å². The molecule has 0 aromatic heterocycles. The normalized spacial score (nSPS) is 12.0. The van der Waals surface area contributed by atoms with E-state index in [-0.39, 0.29) is 20.4 Å². The van der Waals surface area contributed by atoms with E-state index in [2.05, 4.69) is 45.9 Å². The molecule has 0 fully saturated rings. The van der Waals surface area contributed by atoms with E-state index in [1.807, 2.05) is 30.3 Å². The first-order chi connectivity index (χ1) is 13.1. The summed E-state index contributed by atoms with van der Waals surface area (Å²) in [5, 5.41) is 0. The second-order valence-corrected chi connectivity index (χ2v) is 7.45. The Labute approximate surface area is 185 Å². The molecule has 2 aromatic rings. The number of aliphatic imine (C=N–C) groups is 2. The molecule has 2 nitrogen and oxygen atoms in total. The summed E-state index contributed by atoms with van der Waals surface area (Å²) < 4.78 is 0. The maximum Gasteiger partial charge on any atom is 0.0639 e. The van der Waals surface area contributed by atoms with Gasteiger partial charge in [-0.15, -0.1) is 0 Å². The fourth-order valence-corrected chi connectivity index (χ4v) is 3.32. The van der Waals surface area contributed by atoms with Gasteiger partial charge >= 0.3 is 0 Å². The number of hydrogen-bond acceptors (Lipinski definition) is 2. The molecule has 2 aromatic carbocycles. The van der Waals surface area contributed by atoms with Gasteiger partial charge in [0.1, 0.15) is 0 Å². The zero-order valence-electron chi connectivity index (χ0n) is 17.8. The minimum Gasteiger partial charge on any atom is -0.252 e. The standard InChI is InChI=1S/C25H34N2.Pd/c1-5-6-7-8-9-13-16-25(22(4)26-23-14-11-10-12-15-23)27-24-18-20(2)17-21(3)19-24;/h10-12,14-15,17-19H,5-9,13,16H2,1-4H3;. The topological polar surface area (TPSA) is 24.7 Å². The van der Waals surface area contributed by atoms with Gasteiger partial charge in [0.05, 0.1) is 22.8 Å². The van der Waals surface area contributed by atoms with Gasteiger partial charge < -0.3 is 0 Å². The summed E-state index contributed by atoms with van der Waals surface area (Å²) in [5.41, 5.74) is 6.67. The van der Waals surface area contributed by atoms with Crippen molar-refractivity contribution in [3.63, 3.8) is 0 Å². The average molecular weight is 469 g/mol. The monoisotopic (exact) mass is 468 g/mol. The summed E-state index contributed by atoms with van der Waals surface area (Å²) in [6.07, 6.45) is 8.73. The van der Waals surface area contributed by atoms with E-state index in [0.717, 1.165) is 29.2 Å². The minimum atomic E-state index is 0. The van der Waals surface area contributed by atoms with Crippen molar-refractivity contribution in [1.82, 2.24) is 0 Å². The molecule has 0 atom stereocenters. The Balaban J connectivity index is 0.00000392. The van der Waals surface area contributed by atoms with Crippen LogP contribution < -0.4 is 0 Å². The Morgan fingerprint density at radius 3 is 2.00 bits per heavy atom. The summed E-state index contributed by atoms with van der Waals surface area (Å²) in [4.78, 5) is 9.81. The van der Waals surface area contributed by atoms with E-state index in [1.165, 1.54) is 49.7 Å². The van der Waals surface area contributed by atoms with Crippen LogP contribution in [0.2, 0.25) is 0 Å². The first kappa shape index (κ1) is 24.5. The molecule has 0 N–H and O–H groups in total. The molecule has 0 unspecified atom stereocenters. The van der Waals surface area contributed by atoms with Crippen molar-refractivity contribution >= 4 is 22.8 Å². The molecule has 154 valence electrons. The van der Waals surface area contributed by atoms with Gasteiger partial charge in [-0.1, -0.05) is 63.3 Å². The van der Waals surface area contributed by atoms with Gasteiger partial charge in [0.2, 0.25) is 0 Å². The van der Waals surface area contributed by atoms with Crippen molar-refractivity contribution in [3.05, 3.63) is 59.7 Å². The molecule has 0 aliphatic rings.